The molecule has 0 aliphatic carbocycles. The summed E-state index contributed by atoms with van der Waals surface area (Å²) < 4.78 is 13.4. The second kappa shape index (κ2) is 11.2. The molecule has 0 saturated heterocycles. The van der Waals surface area contributed by atoms with Crippen molar-refractivity contribution in [2.24, 2.45) is 0 Å². The van der Waals surface area contributed by atoms with Crippen molar-refractivity contribution >= 4 is 11.8 Å². The van der Waals surface area contributed by atoms with E-state index in [1.165, 1.54) is 12.1 Å². The molecule has 1 N–H and O–H groups in total. The summed E-state index contributed by atoms with van der Waals surface area (Å²) in [6.45, 7) is 4.55. The molecular weight excluding hydrogens is 403 g/mol. The van der Waals surface area contributed by atoms with Crippen molar-refractivity contribution in [3.63, 3.8) is 0 Å². The molecule has 32 heavy (non-hydrogen) atoms. The number of nitrogens with one attached hydrogen (secondary N) is 1. The molecule has 3 rings (SSSR count). The molecule has 0 aliphatic heterocycles. The van der Waals surface area contributed by atoms with Crippen LogP contribution in [0.25, 0.3) is 0 Å². The highest BCUT2D eigenvalue weighted by Crippen LogP contribution is 2.17. The van der Waals surface area contributed by atoms with Crippen molar-refractivity contribution in [2.45, 2.75) is 39.3 Å². The van der Waals surface area contributed by atoms with Crippen LogP contribution in [0.4, 0.5) is 4.39 Å². The highest BCUT2D eigenvalue weighted by Gasteiger charge is 2.30. The van der Waals surface area contributed by atoms with Gasteiger partial charge in [-0.3, -0.25) is 9.59 Å². The number of hydrogen-bond acceptors (Lipinski definition) is 2. The van der Waals surface area contributed by atoms with E-state index < -0.39 is 6.04 Å². The van der Waals surface area contributed by atoms with Gasteiger partial charge in [0, 0.05) is 19.5 Å². The number of rotatable bonds is 9. The molecule has 5 heteroatoms. The minimum absolute atomic E-state index is 0.148. The molecule has 0 unspecified atom stereocenters. The molecule has 0 bridgehead atoms. The van der Waals surface area contributed by atoms with Gasteiger partial charge in [0.25, 0.3) is 0 Å². The van der Waals surface area contributed by atoms with Gasteiger partial charge >= 0.3 is 0 Å². The molecule has 0 heterocycles. The molecule has 4 nitrogen and oxygen atoms in total. The Labute approximate surface area is 189 Å². The zero-order valence-corrected chi connectivity index (χ0v) is 18.6. The minimum Gasteiger partial charge on any atom is -0.355 e. The van der Waals surface area contributed by atoms with Crippen LogP contribution in [-0.2, 0) is 29.0 Å². The van der Waals surface area contributed by atoms with Gasteiger partial charge in [0.15, 0.2) is 0 Å². The second-order valence-corrected chi connectivity index (χ2v) is 7.91. The Morgan fingerprint density at radius 3 is 2.12 bits per heavy atom. The van der Waals surface area contributed by atoms with Crippen LogP contribution in [0, 0.1) is 12.7 Å². The van der Waals surface area contributed by atoms with E-state index in [-0.39, 0.29) is 30.6 Å². The average molecular weight is 433 g/mol. The van der Waals surface area contributed by atoms with E-state index >= 15 is 0 Å². The topological polar surface area (TPSA) is 49.4 Å². The van der Waals surface area contributed by atoms with Gasteiger partial charge in [0.2, 0.25) is 11.8 Å². The number of amides is 2. The number of carbonyl (C=O) groups excluding carboxylic acids is 2. The molecule has 166 valence electrons. The quantitative estimate of drug-likeness (QED) is 0.543. The monoisotopic (exact) mass is 432 g/mol. The van der Waals surface area contributed by atoms with Crippen LogP contribution in [-0.4, -0.2) is 29.3 Å². The lowest BCUT2D eigenvalue weighted by Gasteiger charge is -2.31. The highest BCUT2D eigenvalue weighted by molar-refractivity contribution is 5.88. The van der Waals surface area contributed by atoms with E-state index in [0.29, 0.717) is 13.0 Å². The van der Waals surface area contributed by atoms with Gasteiger partial charge in [-0.25, -0.2) is 4.39 Å². The van der Waals surface area contributed by atoms with E-state index in [9.17, 15) is 14.0 Å². The van der Waals surface area contributed by atoms with Gasteiger partial charge in [-0.15, -0.1) is 0 Å². The average Bonchev–Trinajstić information content (AvgIpc) is 2.79. The summed E-state index contributed by atoms with van der Waals surface area (Å²) in [7, 11) is 0. The fourth-order valence-electron chi connectivity index (χ4n) is 3.61. The van der Waals surface area contributed by atoms with Crippen LogP contribution in [0.3, 0.4) is 0 Å². The number of halogens is 1. The van der Waals surface area contributed by atoms with Crippen molar-refractivity contribution < 1.29 is 14.0 Å². The smallest absolute Gasteiger partial charge is 0.243 e. The van der Waals surface area contributed by atoms with Gasteiger partial charge in [-0.2, -0.15) is 0 Å². The summed E-state index contributed by atoms with van der Waals surface area (Å²) in [6.07, 6.45) is 0.583. The Balaban J connectivity index is 1.93. The Morgan fingerprint density at radius 2 is 1.50 bits per heavy atom. The normalized spacial score (nSPS) is 11.6. The minimum atomic E-state index is -0.680. The first kappa shape index (κ1) is 23.2. The first-order valence-electron chi connectivity index (χ1n) is 10.9. The summed E-state index contributed by atoms with van der Waals surface area (Å²) >= 11 is 0. The lowest BCUT2D eigenvalue weighted by atomic mass is 10.0. The van der Waals surface area contributed by atoms with Crippen LogP contribution in [0.1, 0.15) is 29.2 Å². The maximum absolute atomic E-state index is 13.5. The molecule has 2 amide bonds. The van der Waals surface area contributed by atoms with Gasteiger partial charge in [0.1, 0.15) is 11.9 Å². The molecule has 0 aliphatic rings. The van der Waals surface area contributed by atoms with E-state index in [2.05, 4.69) is 5.32 Å². The molecule has 0 saturated carbocycles. The zero-order valence-electron chi connectivity index (χ0n) is 18.6. The van der Waals surface area contributed by atoms with E-state index in [0.717, 1.165) is 22.3 Å². The molecule has 0 fully saturated rings. The molecular formula is C27H29FN2O2. The summed E-state index contributed by atoms with van der Waals surface area (Å²) in [4.78, 5) is 28.2. The summed E-state index contributed by atoms with van der Waals surface area (Å²) in [6, 6.07) is 22.8. The van der Waals surface area contributed by atoms with Crippen LogP contribution in [0.2, 0.25) is 0 Å². The third kappa shape index (κ3) is 6.51. The second-order valence-electron chi connectivity index (χ2n) is 7.91. The van der Waals surface area contributed by atoms with Crippen molar-refractivity contribution in [1.29, 1.82) is 0 Å². The number of carbonyl (C=O) groups is 2. The van der Waals surface area contributed by atoms with Gasteiger partial charge in [0.05, 0.1) is 6.42 Å². The van der Waals surface area contributed by atoms with Crippen LogP contribution in [0.15, 0.2) is 78.9 Å². The predicted molar refractivity (Wildman–Crippen MR) is 124 cm³/mol. The summed E-state index contributed by atoms with van der Waals surface area (Å²) in [5, 5.41) is 2.87. The molecule has 0 radical (unpaired) electrons. The molecule has 3 aromatic rings. The van der Waals surface area contributed by atoms with Crippen molar-refractivity contribution in [3.8, 4) is 0 Å². The summed E-state index contributed by atoms with van der Waals surface area (Å²) in [5.41, 5.74) is 3.75. The summed E-state index contributed by atoms with van der Waals surface area (Å²) in [5.74, 6) is -0.683. The molecule has 0 aromatic heterocycles. The fraction of sp³-hybridized carbons (Fsp3) is 0.259. The van der Waals surface area contributed by atoms with Crippen molar-refractivity contribution in [3.05, 3.63) is 107 Å². The predicted octanol–water partition coefficient (Wildman–Crippen LogP) is 4.45. The van der Waals surface area contributed by atoms with E-state index in [4.69, 9.17) is 0 Å². The zero-order chi connectivity index (χ0) is 22.9. The van der Waals surface area contributed by atoms with Crippen LogP contribution in [0.5, 0.6) is 0 Å². The Bertz CT molecular complexity index is 1020. The first-order chi connectivity index (χ1) is 15.5. The Morgan fingerprint density at radius 1 is 0.875 bits per heavy atom. The van der Waals surface area contributed by atoms with Gasteiger partial charge in [-0.1, -0.05) is 72.3 Å². The van der Waals surface area contributed by atoms with Crippen LogP contribution >= 0.6 is 0 Å². The number of aryl methyl sites for hydroxylation is 1. The van der Waals surface area contributed by atoms with Crippen molar-refractivity contribution in [2.75, 3.05) is 6.54 Å². The lowest BCUT2D eigenvalue weighted by Crippen LogP contribution is -2.50. The lowest BCUT2D eigenvalue weighted by molar-refractivity contribution is -0.140. The largest absolute Gasteiger partial charge is 0.355 e. The number of nitrogens with zero attached hydrogens (tertiary/aromatic N) is 1. The highest BCUT2D eigenvalue weighted by atomic mass is 19.1. The number of likely N-dealkylation sites (N-methyl/N-ethyl adjacent to an activating group) is 1. The van der Waals surface area contributed by atoms with E-state index in [1.54, 1.807) is 17.0 Å². The number of benzene rings is 3. The molecule has 1 atom stereocenters. The molecule has 0 spiro atoms. The first-order valence-corrected chi connectivity index (χ1v) is 10.9. The van der Waals surface area contributed by atoms with Crippen LogP contribution < -0.4 is 5.32 Å². The molecule has 3 aromatic carbocycles. The third-order valence-electron chi connectivity index (χ3n) is 5.36. The van der Waals surface area contributed by atoms with E-state index in [1.807, 2.05) is 68.4 Å². The van der Waals surface area contributed by atoms with Gasteiger partial charge < -0.3 is 10.2 Å². The fourth-order valence-corrected chi connectivity index (χ4v) is 3.61. The SMILES string of the molecule is CCNC(=O)[C@H](Cc1ccccc1)N(Cc1ccc(F)cc1)C(=O)Cc1ccc(C)cc1. The maximum Gasteiger partial charge on any atom is 0.243 e. The Hall–Kier alpha value is -3.47. The Kier molecular flexibility index (Phi) is 8.14. The van der Waals surface area contributed by atoms with Crippen molar-refractivity contribution in [1.82, 2.24) is 10.2 Å². The van der Waals surface area contributed by atoms with Gasteiger partial charge in [-0.05, 0) is 42.7 Å². The third-order valence-corrected chi connectivity index (χ3v) is 5.36. The maximum atomic E-state index is 13.5. The standard InChI is InChI=1S/C27H29FN2O2/c1-3-29-27(32)25(17-21-7-5-4-6-8-21)30(19-23-13-15-24(28)16-14-23)26(31)18-22-11-9-20(2)10-12-22/h4-16,25H,3,17-19H2,1-2H3,(H,29,32)/t25-/m0/s1. The number of hydrogen-bond donors (Lipinski definition) is 1.